The molecule has 0 spiro atoms. The summed E-state index contributed by atoms with van der Waals surface area (Å²) in [5.41, 5.74) is 2.76. The van der Waals surface area contributed by atoms with Crippen LogP contribution in [0, 0.1) is 0 Å². The molecule has 0 aliphatic rings. The molecule has 4 nitrogen and oxygen atoms in total. The van der Waals surface area contributed by atoms with Crippen LogP contribution in [0.25, 0.3) is 0 Å². The fourth-order valence-electron chi connectivity index (χ4n) is 1.08. The maximum atomic E-state index is 5.48. The third-order valence-electron chi connectivity index (χ3n) is 2.19. The van der Waals surface area contributed by atoms with Crippen LogP contribution >= 0.6 is 0 Å². The Hall–Kier alpha value is -0.160. The Labute approximate surface area is 87.1 Å². The molecule has 14 heavy (non-hydrogen) atoms. The lowest BCUT2D eigenvalue weighted by Crippen LogP contribution is -2.39. The highest BCUT2D eigenvalue weighted by Crippen LogP contribution is 2.04. The first kappa shape index (κ1) is 13.8. The van der Waals surface area contributed by atoms with Crippen LogP contribution in [0.1, 0.15) is 33.6 Å². The minimum atomic E-state index is 0.218. The Bertz CT molecular complexity index is 131. The minimum Gasteiger partial charge on any atom is -0.382 e. The van der Waals surface area contributed by atoms with Gasteiger partial charge in [0.2, 0.25) is 0 Å². The SMILES string of the molecule is COC(C)CCC(COC(C)C)NN. The van der Waals surface area contributed by atoms with Gasteiger partial charge in [-0.05, 0) is 33.6 Å². The van der Waals surface area contributed by atoms with Crippen molar-refractivity contribution < 1.29 is 9.47 Å². The monoisotopic (exact) mass is 204 g/mol. The topological polar surface area (TPSA) is 56.5 Å². The van der Waals surface area contributed by atoms with E-state index in [1.54, 1.807) is 7.11 Å². The Morgan fingerprint density at radius 2 is 1.86 bits per heavy atom. The zero-order valence-electron chi connectivity index (χ0n) is 9.75. The number of rotatable bonds is 8. The van der Waals surface area contributed by atoms with Crippen molar-refractivity contribution >= 4 is 0 Å². The summed E-state index contributed by atoms with van der Waals surface area (Å²) >= 11 is 0. The van der Waals surface area contributed by atoms with Crippen molar-refractivity contribution in [2.75, 3.05) is 13.7 Å². The van der Waals surface area contributed by atoms with Crippen molar-refractivity contribution in [1.29, 1.82) is 0 Å². The molecule has 0 bridgehead atoms. The third-order valence-corrected chi connectivity index (χ3v) is 2.19. The normalized spacial score (nSPS) is 15.9. The number of methoxy groups -OCH3 is 1. The Kier molecular flexibility index (Phi) is 8.08. The molecule has 86 valence electrons. The summed E-state index contributed by atoms with van der Waals surface area (Å²) in [5, 5.41) is 0. The molecular formula is C10H24N2O2. The van der Waals surface area contributed by atoms with Crippen LogP contribution in [0.2, 0.25) is 0 Å². The standard InChI is InChI=1S/C10H24N2O2/c1-8(2)14-7-10(12-11)6-5-9(3)13-4/h8-10,12H,5-7,11H2,1-4H3. The maximum absolute atomic E-state index is 5.48. The van der Waals surface area contributed by atoms with E-state index in [2.05, 4.69) is 12.3 Å². The van der Waals surface area contributed by atoms with Gasteiger partial charge in [-0.1, -0.05) is 0 Å². The zero-order chi connectivity index (χ0) is 11.0. The summed E-state index contributed by atoms with van der Waals surface area (Å²) in [7, 11) is 1.72. The highest BCUT2D eigenvalue weighted by Gasteiger charge is 2.09. The van der Waals surface area contributed by atoms with Gasteiger partial charge in [0.25, 0.3) is 0 Å². The van der Waals surface area contributed by atoms with Gasteiger partial charge in [-0.3, -0.25) is 11.3 Å². The predicted molar refractivity (Wildman–Crippen MR) is 57.9 cm³/mol. The van der Waals surface area contributed by atoms with Crippen LogP contribution < -0.4 is 11.3 Å². The quantitative estimate of drug-likeness (QED) is 0.458. The van der Waals surface area contributed by atoms with Gasteiger partial charge in [0.05, 0.1) is 18.8 Å². The van der Waals surface area contributed by atoms with Gasteiger partial charge >= 0.3 is 0 Å². The average molecular weight is 204 g/mol. The van der Waals surface area contributed by atoms with Crippen LogP contribution in [0.15, 0.2) is 0 Å². The highest BCUT2D eigenvalue weighted by molar-refractivity contribution is 4.65. The van der Waals surface area contributed by atoms with Gasteiger partial charge < -0.3 is 9.47 Å². The van der Waals surface area contributed by atoms with Crippen molar-refractivity contribution in [2.45, 2.75) is 51.9 Å². The van der Waals surface area contributed by atoms with Gasteiger partial charge in [0.15, 0.2) is 0 Å². The van der Waals surface area contributed by atoms with E-state index in [0.29, 0.717) is 6.61 Å². The van der Waals surface area contributed by atoms with E-state index in [-0.39, 0.29) is 18.2 Å². The first-order valence-electron chi connectivity index (χ1n) is 5.20. The molecule has 4 heteroatoms. The zero-order valence-corrected chi connectivity index (χ0v) is 9.75. The first-order valence-corrected chi connectivity index (χ1v) is 5.20. The van der Waals surface area contributed by atoms with Gasteiger partial charge in [-0.25, -0.2) is 0 Å². The molecule has 2 unspecified atom stereocenters. The van der Waals surface area contributed by atoms with E-state index < -0.39 is 0 Å². The highest BCUT2D eigenvalue weighted by atomic mass is 16.5. The molecule has 0 aromatic carbocycles. The van der Waals surface area contributed by atoms with Crippen LogP contribution in [-0.4, -0.2) is 32.0 Å². The van der Waals surface area contributed by atoms with Gasteiger partial charge in [0, 0.05) is 13.2 Å². The first-order chi connectivity index (χ1) is 6.60. The molecule has 0 radical (unpaired) electrons. The lowest BCUT2D eigenvalue weighted by atomic mass is 10.1. The van der Waals surface area contributed by atoms with E-state index in [1.165, 1.54) is 0 Å². The van der Waals surface area contributed by atoms with Crippen molar-refractivity contribution in [3.63, 3.8) is 0 Å². The van der Waals surface area contributed by atoms with E-state index in [4.69, 9.17) is 15.3 Å². The Morgan fingerprint density at radius 3 is 2.29 bits per heavy atom. The van der Waals surface area contributed by atoms with E-state index in [0.717, 1.165) is 12.8 Å². The predicted octanol–water partition coefficient (Wildman–Crippen LogP) is 1.06. The van der Waals surface area contributed by atoms with Crippen LogP contribution in [0.4, 0.5) is 0 Å². The fourth-order valence-corrected chi connectivity index (χ4v) is 1.08. The lowest BCUT2D eigenvalue weighted by molar-refractivity contribution is 0.0522. The fraction of sp³-hybridized carbons (Fsp3) is 1.00. The van der Waals surface area contributed by atoms with Gasteiger partial charge in [-0.2, -0.15) is 0 Å². The van der Waals surface area contributed by atoms with Crippen LogP contribution in [0.5, 0.6) is 0 Å². The van der Waals surface area contributed by atoms with E-state index >= 15 is 0 Å². The molecule has 3 N–H and O–H groups in total. The summed E-state index contributed by atoms with van der Waals surface area (Å²) < 4.78 is 10.6. The number of hydrazine groups is 1. The van der Waals surface area contributed by atoms with Crippen LogP contribution in [0.3, 0.4) is 0 Å². The van der Waals surface area contributed by atoms with Crippen molar-refractivity contribution in [3.05, 3.63) is 0 Å². The molecule has 2 atom stereocenters. The molecule has 0 aromatic heterocycles. The second-order valence-electron chi connectivity index (χ2n) is 3.87. The van der Waals surface area contributed by atoms with E-state index in [9.17, 15) is 0 Å². The summed E-state index contributed by atoms with van der Waals surface area (Å²) in [4.78, 5) is 0. The number of nitrogens with two attached hydrogens (primary N) is 1. The molecule has 0 heterocycles. The number of hydrogen-bond donors (Lipinski definition) is 2. The molecule has 0 aliphatic carbocycles. The van der Waals surface area contributed by atoms with Gasteiger partial charge in [-0.15, -0.1) is 0 Å². The number of ether oxygens (including phenoxy) is 2. The molecule has 0 fully saturated rings. The maximum Gasteiger partial charge on any atom is 0.0636 e. The van der Waals surface area contributed by atoms with Crippen LogP contribution in [-0.2, 0) is 9.47 Å². The van der Waals surface area contributed by atoms with Gasteiger partial charge in [0.1, 0.15) is 0 Å². The van der Waals surface area contributed by atoms with E-state index in [1.807, 2.05) is 13.8 Å². The number of hydrogen-bond acceptors (Lipinski definition) is 4. The molecule has 0 aliphatic heterocycles. The summed E-state index contributed by atoms with van der Waals surface area (Å²) in [5.74, 6) is 5.42. The van der Waals surface area contributed by atoms with Crippen molar-refractivity contribution in [1.82, 2.24) is 5.43 Å². The Balaban J connectivity index is 3.57. The molecule has 0 saturated heterocycles. The molecule has 0 aromatic rings. The summed E-state index contributed by atoms with van der Waals surface area (Å²) in [6, 6.07) is 0.218. The summed E-state index contributed by atoms with van der Waals surface area (Å²) in [6.45, 7) is 6.75. The minimum absolute atomic E-state index is 0.218. The molecule has 0 rings (SSSR count). The largest absolute Gasteiger partial charge is 0.382 e. The third kappa shape index (κ3) is 7.26. The second kappa shape index (κ2) is 8.17. The Morgan fingerprint density at radius 1 is 1.21 bits per heavy atom. The molecule has 0 amide bonds. The second-order valence-corrected chi connectivity index (χ2v) is 3.87. The van der Waals surface area contributed by atoms with Crippen molar-refractivity contribution in [2.24, 2.45) is 5.84 Å². The number of nitrogens with one attached hydrogen (secondary N) is 1. The molecular weight excluding hydrogens is 180 g/mol. The molecule has 0 saturated carbocycles. The average Bonchev–Trinajstić information content (AvgIpc) is 2.17. The smallest absolute Gasteiger partial charge is 0.0636 e. The van der Waals surface area contributed by atoms with Crippen molar-refractivity contribution in [3.8, 4) is 0 Å². The lowest BCUT2D eigenvalue weighted by Gasteiger charge is -2.19. The summed E-state index contributed by atoms with van der Waals surface area (Å²) in [6.07, 6.45) is 2.50.